The summed E-state index contributed by atoms with van der Waals surface area (Å²) in [5.74, 6) is -0.399. The SMILES string of the molecule is O=C(Nc1nc2c(s1)CN(S(=O)(=O)c1ccc(F)cc1)CC2)C1CCC1. The molecule has 0 bridgehead atoms. The summed E-state index contributed by atoms with van der Waals surface area (Å²) in [6, 6.07) is 4.83. The molecule has 2 aliphatic rings. The van der Waals surface area contributed by atoms with Crippen molar-refractivity contribution < 1.29 is 17.6 Å². The summed E-state index contributed by atoms with van der Waals surface area (Å²) in [6.45, 7) is 0.526. The van der Waals surface area contributed by atoms with Gasteiger partial charge in [-0.25, -0.2) is 17.8 Å². The van der Waals surface area contributed by atoms with Crippen LogP contribution in [-0.2, 0) is 27.8 Å². The Morgan fingerprint density at radius 3 is 2.65 bits per heavy atom. The van der Waals surface area contributed by atoms with Crippen LogP contribution in [0.3, 0.4) is 0 Å². The van der Waals surface area contributed by atoms with E-state index >= 15 is 0 Å². The summed E-state index contributed by atoms with van der Waals surface area (Å²) in [4.78, 5) is 17.4. The number of nitrogens with zero attached hydrogens (tertiary/aromatic N) is 2. The average molecular weight is 395 g/mol. The quantitative estimate of drug-likeness (QED) is 0.863. The number of rotatable bonds is 4. The molecule has 1 fully saturated rings. The summed E-state index contributed by atoms with van der Waals surface area (Å²) >= 11 is 1.32. The number of amides is 1. The summed E-state index contributed by atoms with van der Waals surface area (Å²) in [7, 11) is -3.69. The third-order valence-electron chi connectivity index (χ3n) is 4.85. The van der Waals surface area contributed by atoms with Gasteiger partial charge in [0.1, 0.15) is 5.82 Å². The largest absolute Gasteiger partial charge is 0.302 e. The number of carbonyl (C=O) groups excluding carboxylic acids is 1. The zero-order valence-electron chi connectivity index (χ0n) is 13.9. The lowest BCUT2D eigenvalue weighted by Crippen LogP contribution is -2.35. The van der Waals surface area contributed by atoms with E-state index in [9.17, 15) is 17.6 Å². The monoisotopic (exact) mass is 395 g/mol. The highest BCUT2D eigenvalue weighted by atomic mass is 32.2. The molecule has 6 nitrogen and oxygen atoms in total. The van der Waals surface area contributed by atoms with E-state index in [0.29, 0.717) is 18.1 Å². The first-order valence-corrected chi connectivity index (χ1v) is 10.7. The van der Waals surface area contributed by atoms with Gasteiger partial charge >= 0.3 is 0 Å². The van der Waals surface area contributed by atoms with Crippen LogP contribution in [0.25, 0.3) is 0 Å². The fraction of sp³-hybridized carbons (Fsp3) is 0.412. The molecule has 1 aromatic heterocycles. The Kier molecular flexibility index (Phi) is 4.54. The number of carbonyl (C=O) groups is 1. The van der Waals surface area contributed by atoms with Crippen molar-refractivity contribution in [2.45, 2.75) is 37.1 Å². The van der Waals surface area contributed by atoms with E-state index in [1.54, 1.807) is 0 Å². The van der Waals surface area contributed by atoms with Gasteiger partial charge < -0.3 is 5.32 Å². The van der Waals surface area contributed by atoms with Gasteiger partial charge in [0.15, 0.2) is 5.13 Å². The number of fused-ring (bicyclic) bond motifs is 1. The van der Waals surface area contributed by atoms with E-state index in [1.165, 1.54) is 27.8 Å². The Balaban J connectivity index is 1.50. The zero-order valence-corrected chi connectivity index (χ0v) is 15.6. The highest BCUT2D eigenvalue weighted by Crippen LogP contribution is 2.33. The summed E-state index contributed by atoms with van der Waals surface area (Å²) in [5, 5.41) is 3.39. The van der Waals surface area contributed by atoms with Crippen molar-refractivity contribution in [1.82, 2.24) is 9.29 Å². The fourth-order valence-corrected chi connectivity index (χ4v) is 5.58. The van der Waals surface area contributed by atoms with Gasteiger partial charge in [0, 0.05) is 23.8 Å². The summed E-state index contributed by atoms with van der Waals surface area (Å²) < 4.78 is 39.9. The first-order chi connectivity index (χ1) is 12.4. The van der Waals surface area contributed by atoms with Crippen LogP contribution in [0.1, 0.15) is 29.8 Å². The Morgan fingerprint density at radius 2 is 2.00 bits per heavy atom. The molecular formula is C17H18FN3O3S2. The summed E-state index contributed by atoms with van der Waals surface area (Å²) in [5.41, 5.74) is 0.837. The number of hydrogen-bond donors (Lipinski definition) is 1. The highest BCUT2D eigenvalue weighted by Gasteiger charge is 2.31. The second-order valence-corrected chi connectivity index (χ2v) is 9.57. The van der Waals surface area contributed by atoms with Crippen molar-refractivity contribution in [3.8, 4) is 0 Å². The lowest BCUT2D eigenvalue weighted by Gasteiger charge is -2.25. The van der Waals surface area contributed by atoms with Gasteiger partial charge in [-0.1, -0.05) is 6.42 Å². The molecule has 1 N–H and O–H groups in total. The van der Waals surface area contributed by atoms with Crippen LogP contribution in [0.4, 0.5) is 9.52 Å². The number of aromatic nitrogens is 1. The lowest BCUT2D eigenvalue weighted by molar-refractivity contribution is -0.122. The maximum Gasteiger partial charge on any atom is 0.243 e. The summed E-state index contributed by atoms with van der Waals surface area (Å²) in [6.07, 6.45) is 3.41. The topological polar surface area (TPSA) is 79.4 Å². The molecule has 0 radical (unpaired) electrons. The van der Waals surface area contributed by atoms with E-state index in [1.807, 2.05) is 0 Å². The third-order valence-corrected chi connectivity index (χ3v) is 7.71. The maximum atomic E-state index is 13.1. The van der Waals surface area contributed by atoms with Crippen molar-refractivity contribution in [2.24, 2.45) is 5.92 Å². The predicted octanol–water partition coefficient (Wildman–Crippen LogP) is 2.77. The number of sulfonamides is 1. The number of hydrogen-bond acceptors (Lipinski definition) is 5. The van der Waals surface area contributed by atoms with Crippen molar-refractivity contribution >= 4 is 32.4 Å². The highest BCUT2D eigenvalue weighted by molar-refractivity contribution is 7.89. The normalized spacial score (nSPS) is 18.2. The Hall–Kier alpha value is -1.84. The molecule has 0 atom stereocenters. The Labute approximate surface area is 155 Å². The van der Waals surface area contributed by atoms with Crippen LogP contribution in [0, 0.1) is 11.7 Å². The molecule has 1 aromatic carbocycles. The average Bonchev–Trinajstić information content (AvgIpc) is 2.94. The third kappa shape index (κ3) is 3.26. The van der Waals surface area contributed by atoms with Crippen LogP contribution in [-0.4, -0.2) is 30.2 Å². The van der Waals surface area contributed by atoms with E-state index < -0.39 is 15.8 Å². The van der Waals surface area contributed by atoms with Gasteiger partial charge in [0.25, 0.3) is 0 Å². The van der Waals surface area contributed by atoms with Gasteiger partial charge in [0.05, 0.1) is 17.1 Å². The molecule has 9 heteroatoms. The zero-order chi connectivity index (χ0) is 18.3. The van der Waals surface area contributed by atoms with Crippen LogP contribution in [0.15, 0.2) is 29.2 Å². The number of nitrogens with one attached hydrogen (secondary N) is 1. The van der Waals surface area contributed by atoms with Crippen molar-refractivity contribution in [3.05, 3.63) is 40.7 Å². The van der Waals surface area contributed by atoms with Gasteiger partial charge in [0.2, 0.25) is 15.9 Å². The predicted molar refractivity (Wildman–Crippen MR) is 95.8 cm³/mol. The molecule has 4 rings (SSSR count). The molecule has 2 aromatic rings. The molecule has 1 aliphatic carbocycles. The molecule has 1 aliphatic heterocycles. The minimum Gasteiger partial charge on any atom is -0.302 e. The fourth-order valence-electron chi connectivity index (χ4n) is 3.06. The van der Waals surface area contributed by atoms with E-state index in [-0.39, 0.29) is 23.3 Å². The van der Waals surface area contributed by atoms with Crippen molar-refractivity contribution in [3.63, 3.8) is 0 Å². The second-order valence-electron chi connectivity index (χ2n) is 6.55. The number of halogens is 1. The van der Waals surface area contributed by atoms with Gasteiger partial charge in [-0.3, -0.25) is 4.79 Å². The molecule has 0 saturated heterocycles. The lowest BCUT2D eigenvalue weighted by atomic mass is 9.85. The molecule has 138 valence electrons. The van der Waals surface area contributed by atoms with E-state index in [2.05, 4.69) is 10.3 Å². The smallest absolute Gasteiger partial charge is 0.243 e. The van der Waals surface area contributed by atoms with Gasteiger partial charge in [-0.2, -0.15) is 4.31 Å². The minimum atomic E-state index is -3.69. The van der Waals surface area contributed by atoms with E-state index in [0.717, 1.165) is 42.0 Å². The molecule has 0 spiro atoms. The Bertz CT molecular complexity index is 937. The number of anilines is 1. The van der Waals surface area contributed by atoms with Crippen LogP contribution in [0.2, 0.25) is 0 Å². The first-order valence-electron chi connectivity index (χ1n) is 8.48. The molecule has 0 unspecified atom stereocenters. The number of benzene rings is 1. The first kappa shape index (κ1) is 17.6. The molecular weight excluding hydrogens is 377 g/mol. The molecule has 1 saturated carbocycles. The second kappa shape index (κ2) is 6.71. The standard InChI is InChI=1S/C17H18FN3O3S2/c18-12-4-6-13(7-5-12)26(23,24)21-9-8-14-15(10-21)25-17(19-14)20-16(22)11-2-1-3-11/h4-7,11H,1-3,8-10H2,(H,19,20,22). The Morgan fingerprint density at radius 1 is 1.27 bits per heavy atom. The van der Waals surface area contributed by atoms with Crippen LogP contribution < -0.4 is 5.32 Å². The van der Waals surface area contributed by atoms with Crippen LogP contribution >= 0.6 is 11.3 Å². The molecule has 2 heterocycles. The molecule has 1 amide bonds. The van der Waals surface area contributed by atoms with Crippen molar-refractivity contribution in [1.29, 1.82) is 0 Å². The van der Waals surface area contributed by atoms with Crippen LogP contribution in [0.5, 0.6) is 0 Å². The number of thiazole rings is 1. The van der Waals surface area contributed by atoms with Crippen molar-refractivity contribution in [2.75, 3.05) is 11.9 Å². The van der Waals surface area contributed by atoms with Gasteiger partial charge in [-0.05, 0) is 37.1 Å². The van der Waals surface area contributed by atoms with Gasteiger partial charge in [-0.15, -0.1) is 11.3 Å². The minimum absolute atomic E-state index is 0.00173. The van der Waals surface area contributed by atoms with E-state index in [4.69, 9.17) is 0 Å². The molecule has 26 heavy (non-hydrogen) atoms. The maximum absolute atomic E-state index is 13.1.